The number of nitrogen functional groups attached to an aromatic ring is 1. The fraction of sp³-hybridized carbons (Fsp3) is 0.167. The maximum Gasteiger partial charge on any atom is 0.196 e. The van der Waals surface area contributed by atoms with Crippen molar-refractivity contribution in [2.45, 2.75) is 6.29 Å². The highest BCUT2D eigenvalue weighted by Crippen LogP contribution is 2.06. The van der Waals surface area contributed by atoms with E-state index in [1.54, 1.807) is 6.07 Å². The molecule has 1 heterocycles. The van der Waals surface area contributed by atoms with E-state index in [1.807, 2.05) is 0 Å². The number of anilines is 1. The zero-order valence-corrected chi connectivity index (χ0v) is 5.23. The summed E-state index contributed by atoms with van der Waals surface area (Å²) in [6.45, 7) is 0. The molecular formula is C6H8N2O2. The van der Waals surface area contributed by atoms with Gasteiger partial charge < -0.3 is 15.9 Å². The molecular weight excluding hydrogens is 132 g/mol. The normalized spacial score (nSPS) is 10.3. The number of nitrogens with zero attached hydrogens (tertiary/aromatic N) is 1. The fourth-order valence-corrected chi connectivity index (χ4v) is 0.569. The Morgan fingerprint density at radius 1 is 1.40 bits per heavy atom. The van der Waals surface area contributed by atoms with E-state index in [9.17, 15) is 0 Å². The van der Waals surface area contributed by atoms with Gasteiger partial charge in [-0.25, -0.2) is 0 Å². The van der Waals surface area contributed by atoms with Crippen LogP contribution in [-0.2, 0) is 0 Å². The van der Waals surface area contributed by atoms with Crippen LogP contribution < -0.4 is 5.73 Å². The van der Waals surface area contributed by atoms with Crippen LogP contribution in [0.5, 0.6) is 0 Å². The topological polar surface area (TPSA) is 79.4 Å². The summed E-state index contributed by atoms with van der Waals surface area (Å²) < 4.78 is 0. The summed E-state index contributed by atoms with van der Waals surface area (Å²) in [5.74, 6) is 0. The summed E-state index contributed by atoms with van der Waals surface area (Å²) in [7, 11) is 0. The summed E-state index contributed by atoms with van der Waals surface area (Å²) in [5.41, 5.74) is 6.01. The smallest absolute Gasteiger partial charge is 0.196 e. The molecule has 4 heteroatoms. The molecule has 0 saturated carbocycles. The highest BCUT2D eigenvalue weighted by Gasteiger charge is 2.01. The fourth-order valence-electron chi connectivity index (χ4n) is 0.569. The first kappa shape index (κ1) is 6.98. The number of hydrogen-bond acceptors (Lipinski definition) is 4. The second-order valence-electron chi connectivity index (χ2n) is 1.89. The second kappa shape index (κ2) is 2.64. The Balaban J connectivity index is 2.89. The van der Waals surface area contributed by atoms with Crippen LogP contribution in [0.2, 0.25) is 0 Å². The largest absolute Gasteiger partial charge is 0.397 e. The molecule has 4 N–H and O–H groups in total. The lowest BCUT2D eigenvalue weighted by atomic mass is 10.3. The maximum atomic E-state index is 8.57. The number of nitrogens with two attached hydrogens (primary N) is 1. The molecule has 0 radical (unpaired) electrons. The van der Waals surface area contributed by atoms with Gasteiger partial charge in [0.15, 0.2) is 6.29 Å². The molecule has 54 valence electrons. The van der Waals surface area contributed by atoms with Gasteiger partial charge in [-0.05, 0) is 12.1 Å². The number of aliphatic hydroxyl groups excluding tert-OH is 1. The van der Waals surface area contributed by atoms with Gasteiger partial charge in [-0.15, -0.1) is 0 Å². The van der Waals surface area contributed by atoms with Gasteiger partial charge in [0.25, 0.3) is 0 Å². The first-order valence-electron chi connectivity index (χ1n) is 2.77. The van der Waals surface area contributed by atoms with E-state index >= 15 is 0 Å². The van der Waals surface area contributed by atoms with Crippen molar-refractivity contribution >= 4 is 5.69 Å². The third-order valence-electron chi connectivity index (χ3n) is 1.07. The third kappa shape index (κ3) is 1.43. The summed E-state index contributed by atoms with van der Waals surface area (Å²) in [6.07, 6.45) is -0.144. The molecule has 0 bridgehead atoms. The van der Waals surface area contributed by atoms with Crippen molar-refractivity contribution in [1.29, 1.82) is 0 Å². The van der Waals surface area contributed by atoms with Crippen molar-refractivity contribution in [3.8, 4) is 0 Å². The molecule has 0 amide bonds. The molecule has 0 saturated heterocycles. The molecule has 0 aromatic carbocycles. The van der Waals surface area contributed by atoms with Crippen LogP contribution in [0.15, 0.2) is 18.3 Å². The van der Waals surface area contributed by atoms with Crippen LogP contribution in [-0.4, -0.2) is 15.2 Å². The van der Waals surface area contributed by atoms with Crippen molar-refractivity contribution in [2.24, 2.45) is 0 Å². The molecule has 0 atom stereocenters. The predicted molar refractivity (Wildman–Crippen MR) is 35.8 cm³/mol. The molecule has 4 nitrogen and oxygen atoms in total. The number of hydrogen-bond donors (Lipinski definition) is 3. The lowest BCUT2D eigenvalue weighted by Crippen LogP contribution is -1.98. The molecule has 1 rings (SSSR count). The molecule has 0 spiro atoms. The van der Waals surface area contributed by atoms with Crippen LogP contribution >= 0.6 is 0 Å². The average Bonchev–Trinajstić information content (AvgIpc) is 1.88. The van der Waals surface area contributed by atoms with E-state index in [0.717, 1.165) is 0 Å². The van der Waals surface area contributed by atoms with Gasteiger partial charge in [0.05, 0.1) is 17.6 Å². The average molecular weight is 140 g/mol. The molecule has 0 fully saturated rings. The summed E-state index contributed by atoms with van der Waals surface area (Å²) >= 11 is 0. The van der Waals surface area contributed by atoms with Crippen LogP contribution in [0.25, 0.3) is 0 Å². The Kier molecular flexibility index (Phi) is 1.84. The molecule has 0 aliphatic heterocycles. The molecule has 10 heavy (non-hydrogen) atoms. The van der Waals surface area contributed by atoms with Crippen molar-refractivity contribution in [2.75, 3.05) is 5.73 Å². The Morgan fingerprint density at radius 3 is 2.50 bits per heavy atom. The predicted octanol–water partition coefficient (Wildman–Crippen LogP) is -0.353. The Hall–Kier alpha value is -1.13. The summed E-state index contributed by atoms with van der Waals surface area (Å²) in [6, 6.07) is 3.02. The number of aliphatic hydroxyl groups is 2. The minimum Gasteiger partial charge on any atom is -0.397 e. The lowest BCUT2D eigenvalue weighted by Gasteiger charge is -2.00. The van der Waals surface area contributed by atoms with E-state index < -0.39 is 6.29 Å². The van der Waals surface area contributed by atoms with Crippen molar-refractivity contribution in [3.05, 3.63) is 24.0 Å². The lowest BCUT2D eigenvalue weighted by molar-refractivity contribution is -0.0458. The number of rotatable bonds is 1. The van der Waals surface area contributed by atoms with Gasteiger partial charge in [-0.3, -0.25) is 4.98 Å². The molecule has 1 aromatic rings. The van der Waals surface area contributed by atoms with Crippen LogP contribution in [0.4, 0.5) is 5.69 Å². The Labute approximate surface area is 57.9 Å². The first-order valence-corrected chi connectivity index (χ1v) is 2.77. The summed E-state index contributed by atoms with van der Waals surface area (Å²) in [4.78, 5) is 3.65. The second-order valence-corrected chi connectivity index (χ2v) is 1.89. The van der Waals surface area contributed by atoms with Crippen molar-refractivity contribution < 1.29 is 10.2 Å². The number of aromatic nitrogens is 1. The standard InChI is InChI=1S/C6H8N2O2/c7-4-1-2-5(6(9)10)8-3-4/h1-3,6,9-10H,7H2. The highest BCUT2D eigenvalue weighted by molar-refractivity contribution is 5.34. The van der Waals surface area contributed by atoms with E-state index in [0.29, 0.717) is 5.69 Å². The van der Waals surface area contributed by atoms with Crippen LogP contribution in [0.3, 0.4) is 0 Å². The van der Waals surface area contributed by atoms with Gasteiger partial charge in [0.2, 0.25) is 0 Å². The monoisotopic (exact) mass is 140 g/mol. The van der Waals surface area contributed by atoms with Crippen LogP contribution in [0.1, 0.15) is 12.0 Å². The van der Waals surface area contributed by atoms with E-state index in [1.165, 1.54) is 12.3 Å². The highest BCUT2D eigenvalue weighted by atomic mass is 16.5. The van der Waals surface area contributed by atoms with Gasteiger partial charge in [0.1, 0.15) is 0 Å². The Morgan fingerprint density at radius 2 is 2.10 bits per heavy atom. The van der Waals surface area contributed by atoms with Gasteiger partial charge >= 0.3 is 0 Å². The van der Waals surface area contributed by atoms with E-state index in [4.69, 9.17) is 15.9 Å². The van der Waals surface area contributed by atoms with Crippen molar-refractivity contribution in [1.82, 2.24) is 4.98 Å². The van der Waals surface area contributed by atoms with Gasteiger partial charge in [0, 0.05) is 0 Å². The van der Waals surface area contributed by atoms with Crippen LogP contribution in [0, 0.1) is 0 Å². The molecule has 0 unspecified atom stereocenters. The zero-order valence-electron chi connectivity index (χ0n) is 5.23. The van der Waals surface area contributed by atoms with Crippen molar-refractivity contribution in [3.63, 3.8) is 0 Å². The maximum absolute atomic E-state index is 8.57. The zero-order chi connectivity index (χ0) is 7.56. The third-order valence-corrected chi connectivity index (χ3v) is 1.07. The molecule has 0 aliphatic carbocycles. The van der Waals surface area contributed by atoms with Gasteiger partial charge in [-0.2, -0.15) is 0 Å². The quantitative estimate of drug-likeness (QED) is 0.466. The Bertz CT molecular complexity index is 207. The first-order chi connectivity index (χ1) is 4.70. The SMILES string of the molecule is Nc1ccc(C(O)O)nc1. The number of pyridine rings is 1. The molecule has 1 aromatic heterocycles. The minimum atomic E-state index is -1.51. The van der Waals surface area contributed by atoms with E-state index in [-0.39, 0.29) is 5.69 Å². The summed E-state index contributed by atoms with van der Waals surface area (Å²) in [5, 5.41) is 17.1. The molecule has 0 aliphatic rings. The minimum absolute atomic E-state index is 0.203. The van der Waals surface area contributed by atoms with E-state index in [2.05, 4.69) is 4.98 Å². The van der Waals surface area contributed by atoms with Gasteiger partial charge in [-0.1, -0.05) is 0 Å².